The van der Waals surface area contributed by atoms with E-state index in [1.54, 1.807) is 22.2 Å². The van der Waals surface area contributed by atoms with Gasteiger partial charge in [-0.2, -0.15) is 0 Å². The van der Waals surface area contributed by atoms with Gasteiger partial charge in [0.1, 0.15) is 11.2 Å². The topological polar surface area (TPSA) is 76.7 Å². The molecule has 1 aliphatic heterocycles. The first kappa shape index (κ1) is 21.5. The summed E-state index contributed by atoms with van der Waals surface area (Å²) in [5.41, 5.74) is 3.82. The summed E-state index contributed by atoms with van der Waals surface area (Å²) in [6.07, 6.45) is 2.65. The van der Waals surface area contributed by atoms with E-state index in [0.29, 0.717) is 5.82 Å². The van der Waals surface area contributed by atoms with Gasteiger partial charge < -0.3 is 10.2 Å². The Labute approximate surface area is 199 Å². The molecule has 4 aromatic rings. The van der Waals surface area contributed by atoms with Crippen LogP contribution in [0.5, 0.6) is 0 Å². The molecule has 0 atom stereocenters. The minimum atomic E-state index is -0.120. The fourth-order valence-electron chi connectivity index (χ4n) is 4.55. The first-order valence-electron chi connectivity index (χ1n) is 10.5. The van der Waals surface area contributed by atoms with Gasteiger partial charge in [0.15, 0.2) is 18.1 Å². The van der Waals surface area contributed by atoms with Crippen LogP contribution in [0.4, 0.5) is 0 Å². The lowest BCUT2D eigenvalue weighted by Crippen LogP contribution is -2.54. The number of nitrogens with zero attached hydrogens (tertiary/aromatic N) is 5. The van der Waals surface area contributed by atoms with Crippen molar-refractivity contribution in [1.29, 1.82) is 0 Å². The number of nitrogens with one attached hydrogen (secondary N) is 1. The predicted molar refractivity (Wildman–Crippen MR) is 131 cm³/mol. The van der Waals surface area contributed by atoms with Crippen LogP contribution in [-0.2, 0) is 23.4 Å². The van der Waals surface area contributed by atoms with E-state index in [4.69, 9.17) is 9.82 Å². The maximum atomic E-state index is 5.58. The minimum Gasteiger partial charge on any atom is -0.387 e. The van der Waals surface area contributed by atoms with Gasteiger partial charge in [0.05, 0.1) is 11.1 Å². The highest BCUT2D eigenvalue weighted by Gasteiger charge is 2.39. The molecule has 0 amide bonds. The van der Waals surface area contributed by atoms with E-state index in [-0.39, 0.29) is 17.7 Å². The van der Waals surface area contributed by atoms with Crippen LogP contribution in [0.25, 0.3) is 15.9 Å². The van der Waals surface area contributed by atoms with Gasteiger partial charge in [-0.05, 0) is 64.3 Å². The second-order valence-corrected chi connectivity index (χ2v) is 11.3. The van der Waals surface area contributed by atoms with Gasteiger partial charge in [-0.15, -0.1) is 16.4 Å². The molecule has 0 aliphatic carbocycles. The molecule has 7 nitrogen and oxygen atoms in total. The van der Waals surface area contributed by atoms with E-state index in [0.717, 1.165) is 38.0 Å². The lowest BCUT2D eigenvalue weighted by molar-refractivity contribution is 0.125. The average molecular weight is 513 g/mol. The zero-order chi connectivity index (χ0) is 22.7. The summed E-state index contributed by atoms with van der Waals surface area (Å²) >= 11 is 5.19. The van der Waals surface area contributed by atoms with Crippen molar-refractivity contribution in [2.75, 3.05) is 0 Å². The van der Waals surface area contributed by atoms with Crippen molar-refractivity contribution >= 4 is 48.8 Å². The molecule has 9 heteroatoms. The molecule has 32 heavy (non-hydrogen) atoms. The Balaban J connectivity index is 1.47. The van der Waals surface area contributed by atoms with Gasteiger partial charge in [0, 0.05) is 20.4 Å². The first-order chi connectivity index (χ1) is 15.1. The highest BCUT2D eigenvalue weighted by atomic mass is 79.9. The minimum absolute atomic E-state index is 0.0113. The normalized spacial score (nSPS) is 17.6. The highest BCUT2D eigenvalue weighted by molar-refractivity contribution is 9.10. The lowest BCUT2D eigenvalue weighted by Gasteiger charge is -2.42. The van der Waals surface area contributed by atoms with Gasteiger partial charge in [-0.25, -0.2) is 14.5 Å². The van der Waals surface area contributed by atoms with Crippen molar-refractivity contribution in [3.8, 4) is 0 Å². The zero-order valence-electron chi connectivity index (χ0n) is 18.7. The summed E-state index contributed by atoms with van der Waals surface area (Å²) in [6.45, 7) is 11.1. The molecule has 0 unspecified atom stereocenters. The molecule has 5 rings (SSSR count). The Morgan fingerprint density at radius 3 is 2.75 bits per heavy atom. The Kier molecular flexibility index (Phi) is 5.11. The maximum absolute atomic E-state index is 5.58. The predicted octanol–water partition coefficient (Wildman–Crippen LogP) is 5.20. The number of aromatic nitrogens is 4. The number of halogens is 1. The van der Waals surface area contributed by atoms with Crippen molar-refractivity contribution in [2.24, 2.45) is 5.16 Å². The quantitative estimate of drug-likeness (QED) is 0.300. The van der Waals surface area contributed by atoms with Crippen LogP contribution >= 0.6 is 27.3 Å². The zero-order valence-corrected chi connectivity index (χ0v) is 21.1. The second kappa shape index (κ2) is 7.60. The number of thiophene rings is 1. The molecular formula is C23H25BrN6OS. The van der Waals surface area contributed by atoms with E-state index in [9.17, 15) is 0 Å². The Bertz CT molecular complexity index is 1350. The summed E-state index contributed by atoms with van der Waals surface area (Å²) in [5, 5.41) is 13.7. The fourth-order valence-corrected chi connectivity index (χ4v) is 6.03. The van der Waals surface area contributed by atoms with Crippen molar-refractivity contribution in [3.05, 3.63) is 56.9 Å². The van der Waals surface area contributed by atoms with Crippen molar-refractivity contribution < 1.29 is 4.84 Å². The van der Waals surface area contributed by atoms with Gasteiger partial charge in [0.2, 0.25) is 0 Å². The fraction of sp³-hybridized carbons (Fsp3) is 0.391. The molecule has 0 spiro atoms. The van der Waals surface area contributed by atoms with Crippen LogP contribution in [0.3, 0.4) is 0 Å². The van der Waals surface area contributed by atoms with Crippen LogP contribution in [0, 0.1) is 0 Å². The molecular weight excluding hydrogens is 488 g/mol. The average Bonchev–Trinajstić information content (AvgIpc) is 3.28. The van der Waals surface area contributed by atoms with Crippen molar-refractivity contribution in [2.45, 2.75) is 58.7 Å². The standard InChI is InChI=1S/C23H25BrN6OS/c1-13(14-6-8-15(24)9-7-14)28-31-11-17-26-20-18-16-10-22(2,3)29-23(4,5)19(16)32-21(18)25-12-30(20)27-17/h6-9,12,29H,10-11H2,1-5H3. The van der Waals surface area contributed by atoms with Crippen molar-refractivity contribution in [1.82, 2.24) is 24.9 Å². The molecule has 0 saturated carbocycles. The monoisotopic (exact) mass is 512 g/mol. The van der Waals surface area contributed by atoms with Gasteiger partial charge in [-0.3, -0.25) is 0 Å². The largest absolute Gasteiger partial charge is 0.387 e. The van der Waals surface area contributed by atoms with Gasteiger partial charge >= 0.3 is 0 Å². The van der Waals surface area contributed by atoms with Crippen LogP contribution in [-0.4, -0.2) is 30.8 Å². The molecule has 0 radical (unpaired) electrons. The molecule has 166 valence electrons. The number of fused-ring (bicyclic) bond motifs is 5. The summed E-state index contributed by atoms with van der Waals surface area (Å²) in [6, 6.07) is 7.95. The van der Waals surface area contributed by atoms with Gasteiger partial charge in [-0.1, -0.05) is 33.2 Å². The van der Waals surface area contributed by atoms with Crippen molar-refractivity contribution in [3.63, 3.8) is 0 Å². The summed E-state index contributed by atoms with van der Waals surface area (Å²) in [5.74, 6) is 0.582. The Morgan fingerprint density at radius 2 is 2.00 bits per heavy atom. The van der Waals surface area contributed by atoms with Crippen LogP contribution in [0.15, 0.2) is 40.2 Å². The molecule has 0 fully saturated rings. The van der Waals surface area contributed by atoms with E-state index in [1.807, 2.05) is 31.2 Å². The number of hydrogen-bond acceptors (Lipinski definition) is 7. The molecule has 4 heterocycles. The van der Waals surface area contributed by atoms with E-state index in [1.165, 1.54) is 10.4 Å². The number of oxime groups is 1. The molecule has 1 N–H and O–H groups in total. The van der Waals surface area contributed by atoms with Crippen LogP contribution in [0.1, 0.15) is 56.4 Å². The van der Waals surface area contributed by atoms with Crippen LogP contribution < -0.4 is 5.32 Å². The SMILES string of the molecule is CC(=NOCc1nc2c3c4c(sc3ncn2n1)C(C)(C)NC(C)(C)C4)c1ccc(Br)cc1. The first-order valence-corrected chi connectivity index (χ1v) is 12.1. The Hall–Kier alpha value is -2.36. The highest BCUT2D eigenvalue weighted by Crippen LogP contribution is 2.44. The smallest absolute Gasteiger partial charge is 0.192 e. The molecule has 0 saturated heterocycles. The number of hydrogen-bond donors (Lipinski definition) is 1. The molecule has 0 bridgehead atoms. The summed E-state index contributed by atoms with van der Waals surface area (Å²) < 4.78 is 2.78. The lowest BCUT2D eigenvalue weighted by atomic mass is 9.82. The third-order valence-corrected chi connectivity index (χ3v) is 7.66. The number of benzene rings is 1. The van der Waals surface area contributed by atoms with E-state index < -0.39 is 0 Å². The summed E-state index contributed by atoms with van der Waals surface area (Å²) in [7, 11) is 0. The van der Waals surface area contributed by atoms with Crippen LogP contribution in [0.2, 0.25) is 0 Å². The van der Waals surface area contributed by atoms with Gasteiger partial charge in [0.25, 0.3) is 0 Å². The third-order valence-electron chi connectivity index (χ3n) is 5.67. The summed E-state index contributed by atoms with van der Waals surface area (Å²) in [4.78, 5) is 17.4. The van der Waals surface area contributed by atoms with E-state index >= 15 is 0 Å². The molecule has 3 aromatic heterocycles. The van der Waals surface area contributed by atoms with E-state index in [2.05, 4.69) is 64.2 Å². The molecule has 1 aliphatic rings. The second-order valence-electron chi connectivity index (χ2n) is 9.40. The number of rotatable bonds is 4. The Morgan fingerprint density at radius 1 is 1.25 bits per heavy atom. The third kappa shape index (κ3) is 3.82. The maximum Gasteiger partial charge on any atom is 0.192 e. The molecule has 1 aromatic carbocycles.